The average Bonchev–Trinajstić information content (AvgIpc) is 2.54. The molecular formula is C18H26O5. The van der Waals surface area contributed by atoms with Crippen molar-refractivity contribution in [2.24, 2.45) is 0 Å². The van der Waals surface area contributed by atoms with Crippen LogP contribution < -0.4 is 4.74 Å². The van der Waals surface area contributed by atoms with Gasteiger partial charge in [-0.2, -0.15) is 0 Å². The van der Waals surface area contributed by atoms with Gasteiger partial charge in [0.2, 0.25) is 0 Å². The molecule has 0 spiro atoms. The van der Waals surface area contributed by atoms with Crippen LogP contribution in [0, 0.1) is 0 Å². The molecule has 0 aromatic heterocycles. The first kappa shape index (κ1) is 19.2. The van der Waals surface area contributed by atoms with E-state index in [0.29, 0.717) is 32.2 Å². The second-order valence-electron chi connectivity index (χ2n) is 4.56. The summed E-state index contributed by atoms with van der Waals surface area (Å²) in [6.45, 7) is 9.51. The lowest BCUT2D eigenvalue weighted by Gasteiger charge is -2.19. The van der Waals surface area contributed by atoms with Crippen LogP contribution in [0.25, 0.3) is 6.08 Å². The van der Waals surface area contributed by atoms with E-state index in [1.807, 2.05) is 39.0 Å². The molecule has 1 aromatic rings. The van der Waals surface area contributed by atoms with Gasteiger partial charge < -0.3 is 18.9 Å². The van der Waals surface area contributed by atoms with Crippen molar-refractivity contribution in [1.82, 2.24) is 0 Å². The molecule has 128 valence electrons. The molecule has 23 heavy (non-hydrogen) atoms. The standard InChI is InChI=1S/C18H26O5/c1-5-20-16-13-15(18(22-7-3)23-8-4)10-9-14(16)11-12-17(19)21-6-2/h9-13,18H,5-8H2,1-4H3. The summed E-state index contributed by atoms with van der Waals surface area (Å²) in [5.41, 5.74) is 1.68. The number of hydrogen-bond acceptors (Lipinski definition) is 5. The molecule has 0 saturated heterocycles. The van der Waals surface area contributed by atoms with Crippen molar-refractivity contribution in [3.05, 3.63) is 35.4 Å². The second-order valence-corrected chi connectivity index (χ2v) is 4.56. The number of benzene rings is 1. The Labute approximate surface area is 138 Å². The summed E-state index contributed by atoms with van der Waals surface area (Å²) in [5.74, 6) is 0.301. The zero-order valence-corrected chi connectivity index (χ0v) is 14.3. The molecule has 0 amide bonds. The van der Waals surface area contributed by atoms with Crippen LogP contribution >= 0.6 is 0 Å². The fourth-order valence-electron chi connectivity index (χ4n) is 2.01. The van der Waals surface area contributed by atoms with Crippen molar-refractivity contribution < 1.29 is 23.7 Å². The van der Waals surface area contributed by atoms with Gasteiger partial charge in [-0.1, -0.05) is 12.1 Å². The molecular weight excluding hydrogens is 296 g/mol. The molecule has 0 bridgehead atoms. The highest BCUT2D eigenvalue weighted by atomic mass is 16.7. The molecule has 0 unspecified atom stereocenters. The van der Waals surface area contributed by atoms with Crippen LogP contribution in [0.15, 0.2) is 24.3 Å². The summed E-state index contributed by atoms with van der Waals surface area (Å²) in [4.78, 5) is 11.4. The quantitative estimate of drug-likeness (QED) is 0.373. The third-order valence-corrected chi connectivity index (χ3v) is 2.93. The number of carbonyl (C=O) groups excluding carboxylic acids is 1. The van der Waals surface area contributed by atoms with Crippen LogP contribution in [-0.2, 0) is 19.0 Å². The smallest absolute Gasteiger partial charge is 0.330 e. The van der Waals surface area contributed by atoms with E-state index in [1.165, 1.54) is 6.08 Å². The van der Waals surface area contributed by atoms with Crippen LogP contribution in [0.3, 0.4) is 0 Å². The Morgan fingerprint density at radius 2 is 1.74 bits per heavy atom. The Hall–Kier alpha value is -1.85. The van der Waals surface area contributed by atoms with Gasteiger partial charge in [0.25, 0.3) is 0 Å². The molecule has 0 aliphatic rings. The fourth-order valence-corrected chi connectivity index (χ4v) is 2.01. The van der Waals surface area contributed by atoms with Crippen LogP contribution in [0.1, 0.15) is 45.1 Å². The van der Waals surface area contributed by atoms with Gasteiger partial charge in [0.05, 0.1) is 13.2 Å². The minimum atomic E-state index is -0.424. The van der Waals surface area contributed by atoms with Gasteiger partial charge in [-0.05, 0) is 39.8 Å². The van der Waals surface area contributed by atoms with E-state index in [0.717, 1.165) is 11.1 Å². The van der Waals surface area contributed by atoms with E-state index in [1.54, 1.807) is 13.0 Å². The van der Waals surface area contributed by atoms with Crippen molar-refractivity contribution in [3.63, 3.8) is 0 Å². The molecule has 5 heteroatoms. The lowest BCUT2D eigenvalue weighted by Crippen LogP contribution is -2.09. The first-order chi connectivity index (χ1) is 11.2. The van der Waals surface area contributed by atoms with E-state index in [-0.39, 0.29) is 5.97 Å². The van der Waals surface area contributed by atoms with Gasteiger partial charge in [-0.25, -0.2) is 4.79 Å². The molecule has 0 fully saturated rings. The molecule has 0 aliphatic carbocycles. The highest BCUT2D eigenvalue weighted by molar-refractivity contribution is 5.87. The Balaban J connectivity index is 3.02. The summed E-state index contributed by atoms with van der Waals surface area (Å²) in [5, 5.41) is 0. The van der Waals surface area contributed by atoms with Crippen LogP contribution in [0.5, 0.6) is 5.75 Å². The molecule has 1 rings (SSSR count). The summed E-state index contributed by atoms with van der Waals surface area (Å²) >= 11 is 0. The van der Waals surface area contributed by atoms with E-state index in [4.69, 9.17) is 18.9 Å². The van der Waals surface area contributed by atoms with Crippen LogP contribution in [0.2, 0.25) is 0 Å². The maximum Gasteiger partial charge on any atom is 0.330 e. The van der Waals surface area contributed by atoms with Crippen molar-refractivity contribution in [2.45, 2.75) is 34.0 Å². The van der Waals surface area contributed by atoms with Crippen molar-refractivity contribution in [2.75, 3.05) is 26.4 Å². The van der Waals surface area contributed by atoms with Crippen molar-refractivity contribution in [3.8, 4) is 5.75 Å². The number of esters is 1. The zero-order valence-electron chi connectivity index (χ0n) is 14.3. The first-order valence-electron chi connectivity index (χ1n) is 8.00. The average molecular weight is 322 g/mol. The fraction of sp³-hybridized carbons (Fsp3) is 0.500. The van der Waals surface area contributed by atoms with Crippen LogP contribution in [0.4, 0.5) is 0 Å². The monoisotopic (exact) mass is 322 g/mol. The predicted octanol–water partition coefficient (Wildman–Crippen LogP) is 3.73. The van der Waals surface area contributed by atoms with Crippen molar-refractivity contribution >= 4 is 12.0 Å². The highest BCUT2D eigenvalue weighted by Gasteiger charge is 2.14. The second kappa shape index (κ2) is 10.8. The van der Waals surface area contributed by atoms with Gasteiger partial charge in [0.1, 0.15) is 5.75 Å². The van der Waals surface area contributed by atoms with Gasteiger partial charge >= 0.3 is 5.97 Å². The molecule has 0 saturated carbocycles. The number of rotatable bonds is 10. The topological polar surface area (TPSA) is 54.0 Å². The van der Waals surface area contributed by atoms with Gasteiger partial charge in [0, 0.05) is 30.4 Å². The van der Waals surface area contributed by atoms with Crippen LogP contribution in [-0.4, -0.2) is 32.4 Å². The molecule has 1 aromatic carbocycles. The maximum absolute atomic E-state index is 11.4. The van der Waals surface area contributed by atoms with Gasteiger partial charge in [-0.15, -0.1) is 0 Å². The minimum Gasteiger partial charge on any atom is -0.493 e. The Bertz CT molecular complexity index is 504. The van der Waals surface area contributed by atoms with E-state index < -0.39 is 6.29 Å². The molecule has 0 heterocycles. The van der Waals surface area contributed by atoms with E-state index in [9.17, 15) is 4.79 Å². The zero-order chi connectivity index (χ0) is 17.1. The van der Waals surface area contributed by atoms with E-state index >= 15 is 0 Å². The number of carbonyl (C=O) groups is 1. The first-order valence-corrected chi connectivity index (χ1v) is 8.00. The summed E-state index contributed by atoms with van der Waals surface area (Å²) in [7, 11) is 0. The molecule has 0 atom stereocenters. The Morgan fingerprint density at radius 1 is 1.04 bits per heavy atom. The lowest BCUT2D eigenvalue weighted by molar-refractivity contribution is -0.140. The Morgan fingerprint density at radius 3 is 2.30 bits per heavy atom. The minimum absolute atomic E-state index is 0.352. The van der Waals surface area contributed by atoms with Crippen molar-refractivity contribution in [1.29, 1.82) is 0 Å². The highest BCUT2D eigenvalue weighted by Crippen LogP contribution is 2.28. The number of ether oxygens (including phenoxy) is 4. The molecule has 0 radical (unpaired) electrons. The third kappa shape index (κ3) is 6.42. The third-order valence-electron chi connectivity index (χ3n) is 2.93. The molecule has 0 aliphatic heterocycles. The number of hydrogen-bond donors (Lipinski definition) is 0. The largest absolute Gasteiger partial charge is 0.493 e. The lowest BCUT2D eigenvalue weighted by atomic mass is 10.1. The normalized spacial score (nSPS) is 11.2. The molecule has 0 N–H and O–H groups in total. The summed E-state index contributed by atoms with van der Waals surface area (Å²) in [6, 6.07) is 5.66. The van der Waals surface area contributed by atoms with E-state index in [2.05, 4.69) is 0 Å². The maximum atomic E-state index is 11.4. The molecule has 5 nitrogen and oxygen atoms in total. The SMILES string of the molecule is CCOC(=O)C=Cc1ccc(C(OCC)OCC)cc1OCC. The predicted molar refractivity (Wildman–Crippen MR) is 89.3 cm³/mol. The summed E-state index contributed by atoms with van der Waals surface area (Å²) < 4.78 is 21.7. The van der Waals surface area contributed by atoms with Gasteiger partial charge in [-0.3, -0.25) is 0 Å². The Kier molecular flexibility index (Phi) is 9.02. The summed E-state index contributed by atoms with van der Waals surface area (Å²) in [6.07, 6.45) is 2.65. The van der Waals surface area contributed by atoms with Gasteiger partial charge in [0.15, 0.2) is 6.29 Å².